The maximum absolute atomic E-state index is 13.5. The smallest absolute Gasteiger partial charge is 0.220 e. The van der Waals surface area contributed by atoms with Crippen LogP contribution in [0.1, 0.15) is 412 Å². The van der Waals surface area contributed by atoms with Gasteiger partial charge in [0.15, 0.2) is 18.9 Å². The third-order valence-electron chi connectivity index (χ3n) is 23.6. The molecule has 3 saturated heterocycles. The second-order valence-corrected chi connectivity index (χ2v) is 33.8. The fourth-order valence-electron chi connectivity index (χ4n) is 16.1. The first-order valence-electron chi connectivity index (χ1n) is 47.4. The molecule has 0 saturated carbocycles. The number of nitrogens with one attached hydrogen (secondary N) is 1. The first-order valence-corrected chi connectivity index (χ1v) is 47.4. The maximum Gasteiger partial charge on any atom is 0.220 e. The highest BCUT2D eigenvalue weighted by atomic mass is 16.8. The van der Waals surface area contributed by atoms with E-state index in [0.717, 1.165) is 57.8 Å². The largest absolute Gasteiger partial charge is 0.394 e. The molecule has 3 fully saturated rings. The number of unbranched alkanes of at least 4 members (excludes halogenated alkanes) is 56. The Hall–Kier alpha value is -2.25. The molecular weight excluding hydrogens is 1430 g/mol. The van der Waals surface area contributed by atoms with E-state index in [9.17, 15) is 61.0 Å². The van der Waals surface area contributed by atoms with Crippen molar-refractivity contribution in [3.63, 3.8) is 0 Å². The molecule has 3 heterocycles. The van der Waals surface area contributed by atoms with Crippen LogP contribution < -0.4 is 5.32 Å². The topological polar surface area (TPSA) is 307 Å². The zero-order valence-corrected chi connectivity index (χ0v) is 71.9. The van der Waals surface area contributed by atoms with Crippen LogP contribution in [0.2, 0.25) is 0 Å². The Morgan fingerprint density at radius 1 is 0.319 bits per heavy atom. The SMILES string of the molecule is CCCCCCC/C=C\C/C=C\C/C=C\CCCCCCCCCCCCCCCCCCCCCCCCCCC(=O)NC(COC1OC(CO)C(OC2OC(CO)C(OC3OC(CO)C(O)C(O)C3O)C(O)C2O)C(O)C1O)C(O)/C=C/CCCCCCCCCCCCCCCCCCCCCCCCCCCCC. The van der Waals surface area contributed by atoms with Crippen LogP contribution in [0.25, 0.3) is 0 Å². The number of rotatable bonds is 78. The summed E-state index contributed by atoms with van der Waals surface area (Å²) in [4.78, 5) is 13.5. The Morgan fingerprint density at radius 3 is 0.912 bits per heavy atom. The molecular formula is C94H175NO18. The van der Waals surface area contributed by atoms with E-state index in [1.165, 1.54) is 327 Å². The summed E-state index contributed by atoms with van der Waals surface area (Å²) >= 11 is 0. The van der Waals surface area contributed by atoms with Crippen molar-refractivity contribution in [2.24, 2.45) is 0 Å². The molecule has 0 aromatic rings. The summed E-state index contributed by atoms with van der Waals surface area (Å²) in [5.74, 6) is -0.267. The number of ether oxygens (including phenoxy) is 6. The van der Waals surface area contributed by atoms with Gasteiger partial charge in [-0.2, -0.15) is 0 Å². The van der Waals surface area contributed by atoms with Crippen LogP contribution >= 0.6 is 0 Å². The number of carbonyl (C=O) groups excluding carboxylic acids is 1. The lowest BCUT2D eigenvalue weighted by molar-refractivity contribution is -0.379. The van der Waals surface area contributed by atoms with E-state index in [4.69, 9.17) is 28.4 Å². The summed E-state index contributed by atoms with van der Waals surface area (Å²) in [5.41, 5.74) is 0. The Balaban J connectivity index is 1.30. The van der Waals surface area contributed by atoms with Crippen molar-refractivity contribution in [1.29, 1.82) is 0 Å². The number of carbonyl (C=O) groups is 1. The Bertz CT molecular complexity index is 2220. The van der Waals surface area contributed by atoms with Gasteiger partial charge in [-0.25, -0.2) is 0 Å². The van der Waals surface area contributed by atoms with E-state index in [0.29, 0.717) is 6.42 Å². The summed E-state index contributed by atoms with van der Waals surface area (Å²) in [6, 6.07) is -0.974. The molecule has 3 aliphatic rings. The van der Waals surface area contributed by atoms with Crippen molar-refractivity contribution in [2.75, 3.05) is 26.4 Å². The highest BCUT2D eigenvalue weighted by Crippen LogP contribution is 2.34. The molecule has 12 N–H and O–H groups in total. The van der Waals surface area contributed by atoms with Crippen LogP contribution in [0.3, 0.4) is 0 Å². The first kappa shape index (κ1) is 105. The highest BCUT2D eigenvalue weighted by Gasteiger charge is 2.54. The molecule has 19 heteroatoms. The molecule has 113 heavy (non-hydrogen) atoms. The molecule has 0 aromatic heterocycles. The molecule has 0 aromatic carbocycles. The lowest BCUT2D eigenvalue weighted by Crippen LogP contribution is -2.66. The van der Waals surface area contributed by atoms with E-state index in [2.05, 4.69) is 55.6 Å². The van der Waals surface area contributed by atoms with Gasteiger partial charge < -0.3 is 89.9 Å². The lowest BCUT2D eigenvalue weighted by Gasteiger charge is -2.48. The van der Waals surface area contributed by atoms with Gasteiger partial charge in [0.05, 0.1) is 38.6 Å². The van der Waals surface area contributed by atoms with E-state index in [-0.39, 0.29) is 18.9 Å². The molecule has 664 valence electrons. The van der Waals surface area contributed by atoms with Crippen molar-refractivity contribution in [3.8, 4) is 0 Å². The number of hydrogen-bond donors (Lipinski definition) is 12. The van der Waals surface area contributed by atoms with Crippen molar-refractivity contribution < 1.29 is 89.4 Å². The van der Waals surface area contributed by atoms with Gasteiger partial charge in [0, 0.05) is 6.42 Å². The fourth-order valence-corrected chi connectivity index (χ4v) is 16.1. The summed E-state index contributed by atoms with van der Waals surface area (Å²) in [5, 5.41) is 121. The van der Waals surface area contributed by atoms with Gasteiger partial charge in [0.1, 0.15) is 73.2 Å². The van der Waals surface area contributed by atoms with E-state index < -0.39 is 124 Å². The van der Waals surface area contributed by atoms with Gasteiger partial charge in [-0.15, -0.1) is 0 Å². The Kier molecular flexibility index (Phi) is 68.4. The molecule has 1 amide bonds. The van der Waals surface area contributed by atoms with Crippen LogP contribution in [0.15, 0.2) is 48.6 Å². The minimum absolute atomic E-state index is 0.247. The molecule has 19 nitrogen and oxygen atoms in total. The van der Waals surface area contributed by atoms with Gasteiger partial charge >= 0.3 is 0 Å². The van der Waals surface area contributed by atoms with E-state index >= 15 is 0 Å². The third-order valence-corrected chi connectivity index (χ3v) is 23.6. The Labute approximate surface area is 688 Å². The van der Waals surface area contributed by atoms with Crippen LogP contribution in [0.4, 0.5) is 0 Å². The predicted molar refractivity (Wildman–Crippen MR) is 457 cm³/mol. The zero-order valence-electron chi connectivity index (χ0n) is 71.9. The van der Waals surface area contributed by atoms with Crippen molar-refractivity contribution >= 4 is 5.91 Å². The van der Waals surface area contributed by atoms with Gasteiger partial charge in [0.2, 0.25) is 5.91 Å². The molecule has 17 unspecified atom stereocenters. The molecule has 3 aliphatic heterocycles. The second kappa shape index (κ2) is 73.7. The first-order chi connectivity index (χ1) is 55.3. The van der Waals surface area contributed by atoms with Gasteiger partial charge in [-0.3, -0.25) is 4.79 Å². The van der Waals surface area contributed by atoms with Crippen LogP contribution in [0.5, 0.6) is 0 Å². The number of aliphatic hydroxyl groups is 11. The minimum atomic E-state index is -1.98. The van der Waals surface area contributed by atoms with Crippen molar-refractivity contribution in [3.05, 3.63) is 48.6 Å². The average Bonchev–Trinajstić information content (AvgIpc) is 0.780. The van der Waals surface area contributed by atoms with Crippen LogP contribution in [-0.4, -0.2) is 193 Å². The average molecular weight is 1610 g/mol. The summed E-state index contributed by atoms with van der Waals surface area (Å²) in [7, 11) is 0. The summed E-state index contributed by atoms with van der Waals surface area (Å²) < 4.78 is 34.6. The van der Waals surface area contributed by atoms with E-state index in [1.807, 2.05) is 6.08 Å². The minimum Gasteiger partial charge on any atom is -0.394 e. The summed E-state index contributed by atoms with van der Waals surface area (Å²) in [6.07, 6.45) is 69.9. The van der Waals surface area contributed by atoms with E-state index in [1.54, 1.807) is 6.08 Å². The number of amides is 1. The standard InChI is InChI=1S/C94H175NO18/c1-3-5-7-9-11-13-15-17-19-21-23-25-27-29-31-33-34-35-36-37-38-39-40-41-42-44-46-48-50-52-54-56-58-60-62-64-66-68-70-72-82(100)95-77(78(99)71-69-67-65-63-61-59-57-55-53-51-49-47-45-43-32-30-28-26-24-22-20-18-16-14-12-10-8-6-4-2)76-108-92-88(106)85(103)90(80(74-97)110-92)113-94-89(107)86(104)91(81(75-98)111-94)112-93-87(105)84(102)83(101)79(73-96)109-93/h15,17,21,23,27,29,69,71,77-81,83-94,96-99,101-107H,3-14,16,18-20,22,24-26,28,30-68,70,72-76H2,1-2H3,(H,95,100)/b17-15-,23-21-,29-27-,71-69+. The van der Waals surface area contributed by atoms with Gasteiger partial charge in [-0.05, 0) is 57.8 Å². The fraction of sp³-hybridized carbons (Fsp3) is 0.904. The number of allylic oxidation sites excluding steroid dienone is 7. The monoisotopic (exact) mass is 1610 g/mol. The lowest BCUT2D eigenvalue weighted by atomic mass is 9.96. The van der Waals surface area contributed by atoms with Crippen molar-refractivity contribution in [2.45, 2.75) is 516 Å². The summed E-state index contributed by atoms with van der Waals surface area (Å²) in [6.45, 7) is 1.80. The maximum atomic E-state index is 13.5. The molecule has 0 radical (unpaired) electrons. The Morgan fingerprint density at radius 2 is 0.584 bits per heavy atom. The normalized spacial score (nSPS) is 25.0. The zero-order chi connectivity index (χ0) is 81.7. The number of aliphatic hydroxyl groups excluding tert-OH is 11. The molecule has 3 rings (SSSR count). The highest BCUT2D eigenvalue weighted by molar-refractivity contribution is 5.76. The predicted octanol–water partition coefficient (Wildman–Crippen LogP) is 18.7. The van der Waals surface area contributed by atoms with Crippen molar-refractivity contribution in [1.82, 2.24) is 5.32 Å². The molecule has 0 spiro atoms. The van der Waals surface area contributed by atoms with Crippen LogP contribution in [0, 0.1) is 0 Å². The quantitative estimate of drug-likeness (QED) is 0.0199. The third kappa shape index (κ3) is 51.9. The van der Waals surface area contributed by atoms with Crippen LogP contribution in [-0.2, 0) is 33.2 Å². The molecule has 0 aliphatic carbocycles. The number of hydrogen-bond acceptors (Lipinski definition) is 18. The molecule has 0 bridgehead atoms. The van der Waals surface area contributed by atoms with Gasteiger partial charge in [-0.1, -0.05) is 396 Å². The second-order valence-electron chi connectivity index (χ2n) is 33.8. The molecule has 17 atom stereocenters. The van der Waals surface area contributed by atoms with Gasteiger partial charge in [0.25, 0.3) is 0 Å².